The van der Waals surface area contributed by atoms with Gasteiger partial charge in [-0.1, -0.05) is 56.9 Å². The second-order valence-corrected chi connectivity index (χ2v) is 12.3. The number of hydrogen-bond acceptors (Lipinski definition) is 2. The summed E-state index contributed by atoms with van der Waals surface area (Å²) in [4.78, 5) is 0. The summed E-state index contributed by atoms with van der Waals surface area (Å²) < 4.78 is 0. The van der Waals surface area contributed by atoms with Crippen LogP contribution in [0, 0.1) is 5.92 Å². The molecule has 2 N–H and O–H groups in total. The molecule has 0 aliphatic rings. The molecule has 0 radical (unpaired) electrons. The van der Waals surface area contributed by atoms with Crippen LogP contribution in [0.25, 0.3) is 0 Å². The molecule has 1 rings (SSSR count). The first-order valence-electron chi connectivity index (χ1n) is 7.46. The van der Waals surface area contributed by atoms with E-state index in [-0.39, 0.29) is 5.92 Å². The molecule has 0 amide bonds. The Balaban J connectivity index is 3.22. The van der Waals surface area contributed by atoms with Crippen molar-refractivity contribution in [1.82, 2.24) is 0 Å². The molecule has 0 unspecified atom stereocenters. The molecule has 0 heterocycles. The normalized spacial score (nSPS) is 15.0. The molecule has 0 saturated heterocycles. The van der Waals surface area contributed by atoms with Crippen LogP contribution in [-0.2, 0) is 0 Å². The SMILES string of the molecule is C[C@H](C=C=C([C@@H](O)c1ccccc1)[Si](C)(C)C)C(C)(C)O. The maximum Gasteiger partial charge on any atom is 0.104 e. The fraction of sp³-hybridized carbons (Fsp3) is 0.500. The minimum atomic E-state index is -1.72. The molecule has 0 bridgehead atoms. The summed E-state index contributed by atoms with van der Waals surface area (Å²) in [6.07, 6.45) is 1.27. The van der Waals surface area contributed by atoms with Gasteiger partial charge in [0.1, 0.15) is 6.10 Å². The predicted molar refractivity (Wildman–Crippen MR) is 91.8 cm³/mol. The van der Waals surface area contributed by atoms with E-state index in [1.54, 1.807) is 13.8 Å². The standard InChI is InChI=1S/C18H28O2Si/c1-14(18(2,3)20)12-13-16(21(4,5)6)17(19)15-10-8-7-9-11-15/h7-12,14,17,19-20H,1-6H3/t13?,14-,17+/m1/s1. The van der Waals surface area contributed by atoms with Crippen LogP contribution in [0.1, 0.15) is 32.4 Å². The number of aliphatic hydroxyl groups excluding tert-OH is 1. The van der Waals surface area contributed by atoms with Gasteiger partial charge in [0.15, 0.2) is 0 Å². The summed E-state index contributed by atoms with van der Waals surface area (Å²) in [5, 5.41) is 21.7. The molecule has 2 atom stereocenters. The molecule has 3 heteroatoms. The fourth-order valence-corrected chi connectivity index (χ4v) is 3.43. The predicted octanol–water partition coefficient (Wildman–Crippen LogP) is 4.09. The van der Waals surface area contributed by atoms with Gasteiger partial charge in [0.25, 0.3) is 0 Å². The van der Waals surface area contributed by atoms with Gasteiger partial charge in [0, 0.05) is 5.92 Å². The summed E-state index contributed by atoms with van der Waals surface area (Å²) in [7, 11) is -1.72. The van der Waals surface area contributed by atoms with Crippen LogP contribution in [0.2, 0.25) is 19.6 Å². The van der Waals surface area contributed by atoms with Crippen molar-refractivity contribution in [3.05, 3.63) is 52.9 Å². The molecule has 0 fully saturated rings. The van der Waals surface area contributed by atoms with Crippen molar-refractivity contribution in [2.24, 2.45) is 5.92 Å². The Kier molecular flexibility index (Phi) is 5.77. The fourth-order valence-electron chi connectivity index (χ4n) is 1.93. The van der Waals surface area contributed by atoms with Gasteiger partial charge in [-0.15, -0.1) is 5.73 Å². The molecule has 0 spiro atoms. The lowest BCUT2D eigenvalue weighted by atomic mass is 9.93. The van der Waals surface area contributed by atoms with Crippen molar-refractivity contribution >= 4 is 8.07 Å². The summed E-state index contributed by atoms with van der Waals surface area (Å²) >= 11 is 0. The van der Waals surface area contributed by atoms with E-state index < -0.39 is 19.8 Å². The number of hydrogen-bond donors (Lipinski definition) is 2. The van der Waals surface area contributed by atoms with Crippen molar-refractivity contribution in [2.45, 2.75) is 52.1 Å². The van der Waals surface area contributed by atoms with E-state index in [2.05, 4.69) is 25.4 Å². The summed E-state index contributed by atoms with van der Waals surface area (Å²) in [6.45, 7) is 12.1. The van der Waals surface area contributed by atoms with Crippen LogP contribution in [0.15, 0.2) is 47.3 Å². The highest BCUT2D eigenvalue weighted by Gasteiger charge is 2.27. The lowest BCUT2D eigenvalue weighted by Gasteiger charge is -2.25. The van der Waals surface area contributed by atoms with Gasteiger partial charge in [-0.3, -0.25) is 0 Å². The first kappa shape index (κ1) is 17.9. The molecule has 116 valence electrons. The molecule has 0 aliphatic carbocycles. The Hall–Kier alpha value is -1.12. The zero-order valence-corrected chi connectivity index (χ0v) is 15.0. The number of benzene rings is 1. The van der Waals surface area contributed by atoms with Crippen LogP contribution in [0.5, 0.6) is 0 Å². The highest BCUT2D eigenvalue weighted by atomic mass is 28.3. The average molecular weight is 305 g/mol. The molecule has 0 aromatic heterocycles. The highest BCUT2D eigenvalue weighted by Crippen LogP contribution is 2.29. The molecular weight excluding hydrogens is 276 g/mol. The van der Waals surface area contributed by atoms with Gasteiger partial charge >= 0.3 is 0 Å². The van der Waals surface area contributed by atoms with Crippen molar-refractivity contribution in [3.8, 4) is 0 Å². The lowest BCUT2D eigenvalue weighted by Crippen LogP contribution is -2.29. The Labute approximate surface area is 129 Å². The van der Waals surface area contributed by atoms with Crippen LogP contribution in [-0.4, -0.2) is 23.9 Å². The average Bonchev–Trinajstić information content (AvgIpc) is 2.36. The summed E-state index contributed by atoms with van der Waals surface area (Å²) in [5.74, 6) is -0.0215. The second kappa shape index (κ2) is 6.76. The van der Waals surface area contributed by atoms with Crippen molar-refractivity contribution in [3.63, 3.8) is 0 Å². The Morgan fingerprint density at radius 3 is 2.14 bits per heavy atom. The van der Waals surface area contributed by atoms with Gasteiger partial charge in [-0.2, -0.15) is 0 Å². The van der Waals surface area contributed by atoms with Gasteiger partial charge in [-0.05, 0) is 30.7 Å². The third kappa shape index (κ3) is 5.29. The van der Waals surface area contributed by atoms with E-state index in [4.69, 9.17) is 0 Å². The molecule has 21 heavy (non-hydrogen) atoms. The molecular formula is C18H28O2Si. The summed E-state index contributed by atoms with van der Waals surface area (Å²) in [5.41, 5.74) is 3.42. The van der Waals surface area contributed by atoms with E-state index >= 15 is 0 Å². The zero-order valence-electron chi connectivity index (χ0n) is 14.0. The van der Waals surface area contributed by atoms with Crippen LogP contribution in [0.3, 0.4) is 0 Å². The molecule has 0 saturated carbocycles. The monoisotopic (exact) mass is 304 g/mol. The maximum absolute atomic E-state index is 10.7. The lowest BCUT2D eigenvalue weighted by molar-refractivity contribution is 0.0441. The molecule has 1 aromatic carbocycles. The van der Waals surface area contributed by atoms with Gasteiger partial charge in [0.05, 0.1) is 13.7 Å². The first-order valence-corrected chi connectivity index (χ1v) is 11.0. The van der Waals surface area contributed by atoms with Crippen LogP contribution < -0.4 is 0 Å². The molecule has 0 aliphatic heterocycles. The van der Waals surface area contributed by atoms with Crippen molar-refractivity contribution < 1.29 is 10.2 Å². The van der Waals surface area contributed by atoms with Crippen LogP contribution >= 0.6 is 0 Å². The minimum absolute atomic E-state index is 0.0215. The maximum atomic E-state index is 10.7. The molecule has 2 nitrogen and oxygen atoms in total. The largest absolute Gasteiger partial charge is 0.390 e. The van der Waals surface area contributed by atoms with E-state index in [0.29, 0.717) is 0 Å². The third-order valence-corrected chi connectivity index (χ3v) is 5.83. The quantitative estimate of drug-likeness (QED) is 0.635. The van der Waals surface area contributed by atoms with Crippen molar-refractivity contribution in [2.75, 3.05) is 0 Å². The molecule has 1 aromatic rings. The second-order valence-electron chi connectivity index (χ2n) is 7.23. The third-order valence-electron chi connectivity index (χ3n) is 3.80. The van der Waals surface area contributed by atoms with Crippen LogP contribution in [0.4, 0.5) is 0 Å². The Bertz CT molecular complexity index is 514. The number of rotatable bonds is 5. The Morgan fingerprint density at radius 1 is 1.19 bits per heavy atom. The topological polar surface area (TPSA) is 40.5 Å². The van der Waals surface area contributed by atoms with E-state index in [1.165, 1.54) is 0 Å². The van der Waals surface area contributed by atoms with E-state index in [0.717, 1.165) is 10.8 Å². The smallest absolute Gasteiger partial charge is 0.104 e. The highest BCUT2D eigenvalue weighted by molar-refractivity contribution is 6.83. The van der Waals surface area contributed by atoms with Gasteiger partial charge in [0.2, 0.25) is 0 Å². The Morgan fingerprint density at radius 2 is 1.71 bits per heavy atom. The van der Waals surface area contributed by atoms with Gasteiger partial charge < -0.3 is 10.2 Å². The summed E-state index contributed by atoms with van der Waals surface area (Å²) in [6, 6.07) is 9.69. The number of aliphatic hydroxyl groups is 2. The van der Waals surface area contributed by atoms with Crippen molar-refractivity contribution in [1.29, 1.82) is 0 Å². The zero-order chi connectivity index (χ0) is 16.3. The van der Waals surface area contributed by atoms with Gasteiger partial charge in [-0.25, -0.2) is 0 Å². The first-order chi connectivity index (χ1) is 9.53. The van der Waals surface area contributed by atoms with E-state index in [1.807, 2.05) is 43.3 Å². The van der Waals surface area contributed by atoms with E-state index in [9.17, 15) is 10.2 Å². The minimum Gasteiger partial charge on any atom is -0.390 e.